The Morgan fingerprint density at radius 2 is 2.00 bits per heavy atom. The lowest BCUT2D eigenvalue weighted by atomic mass is 9.96. The van der Waals surface area contributed by atoms with Crippen LogP contribution in [0, 0.1) is 25.5 Å². The lowest BCUT2D eigenvalue weighted by Crippen LogP contribution is -2.17. The van der Waals surface area contributed by atoms with Gasteiger partial charge in [0, 0.05) is 11.6 Å². The van der Waals surface area contributed by atoms with Gasteiger partial charge in [-0.05, 0) is 31.0 Å². The Hall–Kier alpha value is -1.49. The summed E-state index contributed by atoms with van der Waals surface area (Å²) in [6.45, 7) is 2.78. The van der Waals surface area contributed by atoms with Crippen molar-refractivity contribution in [1.82, 2.24) is 0 Å². The topological polar surface area (TPSA) is 63.3 Å². The fraction of sp³-hybridized carbons (Fsp3) is 0.364. The molecule has 5 heteroatoms. The Bertz CT molecular complexity index is 432. The fourth-order valence-electron chi connectivity index (χ4n) is 1.55. The van der Waals surface area contributed by atoms with Crippen LogP contribution in [-0.2, 0) is 4.79 Å². The molecule has 0 amide bonds. The molecule has 1 rings (SSSR count). The first-order chi connectivity index (χ1) is 7.34. The zero-order valence-electron chi connectivity index (χ0n) is 9.05. The van der Waals surface area contributed by atoms with Crippen LogP contribution in [0.2, 0.25) is 0 Å². The number of hydrogen-bond acceptors (Lipinski definition) is 2. The van der Waals surface area contributed by atoms with Gasteiger partial charge in [-0.2, -0.15) is 0 Å². The van der Waals surface area contributed by atoms with Crippen LogP contribution in [0.3, 0.4) is 0 Å². The van der Waals surface area contributed by atoms with Crippen molar-refractivity contribution in [3.8, 4) is 0 Å². The molecule has 1 aromatic rings. The molecule has 3 N–H and O–H groups in total. The van der Waals surface area contributed by atoms with Crippen molar-refractivity contribution in [3.05, 3.63) is 34.4 Å². The first kappa shape index (κ1) is 12.6. The highest BCUT2D eigenvalue weighted by atomic mass is 19.1. The molecule has 88 valence electrons. The fourth-order valence-corrected chi connectivity index (χ4v) is 1.55. The van der Waals surface area contributed by atoms with E-state index in [4.69, 9.17) is 10.8 Å². The van der Waals surface area contributed by atoms with Crippen molar-refractivity contribution in [3.63, 3.8) is 0 Å². The van der Waals surface area contributed by atoms with Gasteiger partial charge < -0.3 is 10.8 Å². The van der Waals surface area contributed by atoms with Crippen molar-refractivity contribution in [2.45, 2.75) is 26.3 Å². The molecule has 0 aliphatic carbocycles. The molecule has 0 spiro atoms. The van der Waals surface area contributed by atoms with Crippen molar-refractivity contribution in [1.29, 1.82) is 0 Å². The number of aliphatic carboxylic acids is 1. The van der Waals surface area contributed by atoms with Gasteiger partial charge in [0.2, 0.25) is 0 Å². The molecule has 1 unspecified atom stereocenters. The van der Waals surface area contributed by atoms with Crippen molar-refractivity contribution in [2.75, 3.05) is 0 Å². The van der Waals surface area contributed by atoms with Crippen LogP contribution < -0.4 is 5.73 Å². The summed E-state index contributed by atoms with van der Waals surface area (Å²) in [5.74, 6) is -2.48. The Labute approximate surface area is 91.9 Å². The first-order valence-corrected chi connectivity index (χ1v) is 4.77. The van der Waals surface area contributed by atoms with Gasteiger partial charge in [0.1, 0.15) is 11.6 Å². The molecule has 16 heavy (non-hydrogen) atoms. The van der Waals surface area contributed by atoms with E-state index >= 15 is 0 Å². The predicted octanol–water partition coefficient (Wildman–Crippen LogP) is 2.06. The Morgan fingerprint density at radius 3 is 2.50 bits per heavy atom. The molecular formula is C11H13F2NO2. The number of halogens is 2. The van der Waals surface area contributed by atoms with Crippen LogP contribution in [-0.4, -0.2) is 11.1 Å². The Morgan fingerprint density at radius 1 is 1.44 bits per heavy atom. The average Bonchev–Trinajstić information content (AvgIpc) is 2.19. The number of rotatable bonds is 3. The molecular weight excluding hydrogens is 216 g/mol. The third-order valence-electron chi connectivity index (χ3n) is 2.53. The van der Waals surface area contributed by atoms with Gasteiger partial charge in [-0.25, -0.2) is 8.78 Å². The molecule has 0 radical (unpaired) electrons. The summed E-state index contributed by atoms with van der Waals surface area (Å²) in [4.78, 5) is 10.5. The minimum Gasteiger partial charge on any atom is -0.481 e. The minimum absolute atomic E-state index is 0.0798. The summed E-state index contributed by atoms with van der Waals surface area (Å²) in [5.41, 5.74) is 5.89. The van der Waals surface area contributed by atoms with Crippen molar-refractivity contribution < 1.29 is 18.7 Å². The van der Waals surface area contributed by atoms with E-state index in [-0.39, 0.29) is 23.1 Å². The van der Waals surface area contributed by atoms with Crippen LogP contribution >= 0.6 is 0 Å². The highest BCUT2D eigenvalue weighted by molar-refractivity contribution is 5.68. The molecule has 1 atom stereocenters. The summed E-state index contributed by atoms with van der Waals surface area (Å²) in [5, 5.41) is 8.56. The number of carboxylic acid groups (broad SMARTS) is 1. The summed E-state index contributed by atoms with van der Waals surface area (Å²) in [6.07, 6.45) is -0.358. The summed E-state index contributed by atoms with van der Waals surface area (Å²) < 4.78 is 26.8. The lowest BCUT2D eigenvalue weighted by Gasteiger charge is -2.15. The van der Waals surface area contributed by atoms with E-state index in [0.29, 0.717) is 0 Å². The molecule has 0 aromatic heterocycles. The molecule has 3 nitrogen and oxygen atoms in total. The van der Waals surface area contributed by atoms with Gasteiger partial charge in [-0.3, -0.25) is 4.79 Å². The quantitative estimate of drug-likeness (QED) is 0.833. The molecule has 0 aliphatic rings. The van der Waals surface area contributed by atoms with Gasteiger partial charge in [0.25, 0.3) is 0 Å². The molecule has 0 fully saturated rings. The van der Waals surface area contributed by atoms with E-state index in [1.165, 1.54) is 13.8 Å². The Kier molecular flexibility index (Phi) is 3.59. The number of benzene rings is 1. The van der Waals surface area contributed by atoms with Gasteiger partial charge in [0.05, 0.1) is 6.42 Å². The largest absolute Gasteiger partial charge is 0.481 e. The van der Waals surface area contributed by atoms with E-state index in [1.807, 2.05) is 0 Å². The minimum atomic E-state index is -1.10. The second-order valence-corrected chi connectivity index (χ2v) is 3.72. The zero-order chi connectivity index (χ0) is 12.5. The van der Waals surface area contributed by atoms with Gasteiger partial charge in [-0.15, -0.1) is 0 Å². The van der Waals surface area contributed by atoms with Crippen LogP contribution in [0.5, 0.6) is 0 Å². The van der Waals surface area contributed by atoms with Crippen molar-refractivity contribution >= 4 is 5.97 Å². The molecule has 1 aromatic carbocycles. The molecule has 0 saturated carbocycles. The normalized spacial score (nSPS) is 12.6. The third-order valence-corrected chi connectivity index (χ3v) is 2.53. The van der Waals surface area contributed by atoms with Crippen LogP contribution in [0.1, 0.15) is 29.2 Å². The van der Waals surface area contributed by atoms with Gasteiger partial charge in [-0.1, -0.05) is 0 Å². The van der Waals surface area contributed by atoms with E-state index in [9.17, 15) is 13.6 Å². The average molecular weight is 229 g/mol. The summed E-state index contributed by atoms with van der Waals surface area (Å²) in [7, 11) is 0. The summed E-state index contributed by atoms with van der Waals surface area (Å²) >= 11 is 0. The Balaban J connectivity index is 3.19. The lowest BCUT2D eigenvalue weighted by molar-refractivity contribution is -0.137. The standard InChI is InChI=1S/C11H13F2NO2/c1-5-7(9(14)4-10(15)16)3-8(12)6(2)11(5)13/h3,9H,4,14H2,1-2H3,(H,15,16). The number of carboxylic acids is 1. The highest BCUT2D eigenvalue weighted by Crippen LogP contribution is 2.25. The smallest absolute Gasteiger partial charge is 0.305 e. The van der Waals surface area contributed by atoms with Crippen LogP contribution in [0.4, 0.5) is 8.78 Å². The van der Waals surface area contributed by atoms with Gasteiger partial charge >= 0.3 is 5.97 Å². The summed E-state index contributed by atoms with van der Waals surface area (Å²) in [6, 6.07) is 0.198. The maximum atomic E-state index is 13.5. The van der Waals surface area contributed by atoms with E-state index in [2.05, 4.69) is 0 Å². The zero-order valence-corrected chi connectivity index (χ0v) is 9.05. The number of nitrogens with two attached hydrogens (primary N) is 1. The highest BCUT2D eigenvalue weighted by Gasteiger charge is 2.18. The second-order valence-electron chi connectivity index (χ2n) is 3.72. The van der Waals surface area contributed by atoms with E-state index in [0.717, 1.165) is 6.07 Å². The molecule has 0 bridgehead atoms. The number of carbonyl (C=O) groups is 1. The SMILES string of the molecule is Cc1c(F)cc(C(N)CC(=O)O)c(C)c1F. The maximum absolute atomic E-state index is 13.5. The van der Waals surface area contributed by atoms with Crippen molar-refractivity contribution in [2.24, 2.45) is 5.73 Å². The molecule has 0 saturated heterocycles. The molecule has 0 aliphatic heterocycles. The first-order valence-electron chi connectivity index (χ1n) is 4.77. The third kappa shape index (κ3) is 2.36. The maximum Gasteiger partial charge on any atom is 0.305 e. The van der Waals surface area contributed by atoms with Crippen LogP contribution in [0.15, 0.2) is 6.07 Å². The van der Waals surface area contributed by atoms with Gasteiger partial charge in [0.15, 0.2) is 0 Å². The molecule has 0 heterocycles. The predicted molar refractivity (Wildman–Crippen MR) is 55.0 cm³/mol. The van der Waals surface area contributed by atoms with E-state index in [1.54, 1.807) is 0 Å². The second kappa shape index (κ2) is 4.57. The monoisotopic (exact) mass is 229 g/mol. The number of hydrogen-bond donors (Lipinski definition) is 2. The van der Waals surface area contributed by atoms with Crippen LogP contribution in [0.25, 0.3) is 0 Å². The van der Waals surface area contributed by atoms with E-state index < -0.39 is 23.6 Å².